The fourth-order valence-electron chi connectivity index (χ4n) is 2.40. The third kappa shape index (κ3) is 2.14. The Morgan fingerprint density at radius 1 is 1.38 bits per heavy atom. The first-order valence-corrected chi connectivity index (χ1v) is 7.89. The average molecular weight is 359 g/mol. The number of nitrogens with zero attached hydrogens (tertiary/aromatic N) is 5. The van der Waals surface area contributed by atoms with E-state index in [1.54, 1.807) is 35.3 Å². The van der Waals surface area contributed by atoms with Gasteiger partial charge in [-0.15, -0.1) is 16.4 Å². The molecule has 119 valence electrons. The van der Waals surface area contributed by atoms with Crippen LogP contribution in [-0.4, -0.2) is 30.3 Å². The predicted molar refractivity (Wildman–Crippen MR) is 91.2 cm³/mol. The highest BCUT2D eigenvalue weighted by Crippen LogP contribution is 2.33. The molecule has 3 heterocycles. The van der Waals surface area contributed by atoms with E-state index in [0.29, 0.717) is 32.6 Å². The lowest BCUT2D eigenvalue weighted by Gasteiger charge is -2.08. The number of benzene rings is 1. The molecular weight excluding hydrogens is 350 g/mol. The third-order valence-electron chi connectivity index (χ3n) is 3.45. The monoisotopic (exact) mass is 358 g/mol. The molecule has 1 radical (unpaired) electrons. The largest absolute Gasteiger partial charge is 0.399 e. The van der Waals surface area contributed by atoms with Gasteiger partial charge in [-0.3, -0.25) is 4.57 Å². The third-order valence-corrected chi connectivity index (χ3v) is 4.51. The van der Waals surface area contributed by atoms with Crippen molar-refractivity contribution in [1.82, 2.24) is 24.3 Å². The van der Waals surface area contributed by atoms with E-state index in [4.69, 9.17) is 23.1 Å². The van der Waals surface area contributed by atoms with Crippen molar-refractivity contribution in [2.75, 3.05) is 5.73 Å². The van der Waals surface area contributed by atoms with E-state index in [1.807, 2.05) is 0 Å². The number of imidazole rings is 1. The van der Waals surface area contributed by atoms with Gasteiger partial charge in [0, 0.05) is 11.3 Å². The number of rotatable bonds is 2. The molecule has 8 nitrogen and oxygen atoms in total. The summed E-state index contributed by atoms with van der Waals surface area (Å²) in [4.78, 5) is 19.7. The van der Waals surface area contributed by atoms with E-state index in [0.717, 1.165) is 10.2 Å². The molecule has 1 aromatic carbocycles. The Morgan fingerprint density at radius 2 is 2.21 bits per heavy atom. The van der Waals surface area contributed by atoms with Crippen LogP contribution in [0.4, 0.5) is 10.5 Å². The molecule has 0 spiro atoms. The molecule has 10 heteroatoms. The van der Waals surface area contributed by atoms with Crippen molar-refractivity contribution < 1.29 is 4.79 Å². The number of anilines is 1. The zero-order valence-corrected chi connectivity index (χ0v) is 13.5. The number of carbonyl (C=O) groups is 1. The SMILES string of the molecule is NC(=O)n1nc(-n2cncc2-c2ccc(N)cc2Cl)c2s[c]nc21. The molecule has 4 aromatic rings. The van der Waals surface area contributed by atoms with Crippen LogP contribution in [0.5, 0.6) is 0 Å². The van der Waals surface area contributed by atoms with E-state index in [9.17, 15) is 4.79 Å². The van der Waals surface area contributed by atoms with Crippen molar-refractivity contribution in [2.45, 2.75) is 0 Å². The van der Waals surface area contributed by atoms with Gasteiger partial charge in [0.2, 0.25) is 0 Å². The first kappa shape index (κ1) is 14.7. The molecule has 0 unspecified atom stereocenters. The Balaban J connectivity index is 1.95. The number of fused-ring (bicyclic) bond motifs is 1. The molecule has 0 fully saturated rings. The number of amides is 1. The van der Waals surface area contributed by atoms with Crippen LogP contribution < -0.4 is 11.5 Å². The molecule has 4 rings (SSSR count). The normalized spacial score (nSPS) is 11.2. The van der Waals surface area contributed by atoms with Crippen LogP contribution in [0.25, 0.3) is 27.4 Å². The minimum absolute atomic E-state index is 0.352. The van der Waals surface area contributed by atoms with Gasteiger partial charge in [0.25, 0.3) is 0 Å². The van der Waals surface area contributed by atoms with Gasteiger partial charge >= 0.3 is 6.03 Å². The van der Waals surface area contributed by atoms with Gasteiger partial charge in [-0.2, -0.15) is 4.68 Å². The summed E-state index contributed by atoms with van der Waals surface area (Å²) in [6.07, 6.45) is 3.23. The maximum absolute atomic E-state index is 11.6. The van der Waals surface area contributed by atoms with Crippen LogP contribution in [0, 0.1) is 5.51 Å². The Bertz CT molecular complexity index is 1080. The zero-order valence-electron chi connectivity index (χ0n) is 12.0. The number of nitrogen functional groups attached to an aromatic ring is 1. The second-order valence-corrected chi connectivity index (χ2v) is 6.12. The van der Waals surface area contributed by atoms with Crippen molar-refractivity contribution in [2.24, 2.45) is 5.73 Å². The van der Waals surface area contributed by atoms with Crippen LogP contribution in [-0.2, 0) is 0 Å². The second kappa shape index (κ2) is 5.32. The Hall–Kier alpha value is -2.91. The molecule has 0 aliphatic carbocycles. The fourth-order valence-corrected chi connectivity index (χ4v) is 3.36. The lowest BCUT2D eigenvalue weighted by molar-refractivity contribution is 0.248. The smallest absolute Gasteiger partial charge is 0.341 e. The maximum atomic E-state index is 11.6. The summed E-state index contributed by atoms with van der Waals surface area (Å²) in [7, 11) is 0. The first-order valence-electron chi connectivity index (χ1n) is 6.70. The first-order chi connectivity index (χ1) is 11.6. The average Bonchev–Trinajstić information content (AvgIpc) is 3.21. The topological polar surface area (TPSA) is 118 Å². The van der Waals surface area contributed by atoms with Gasteiger partial charge in [0.05, 0.1) is 16.9 Å². The number of hydrogen-bond donors (Lipinski definition) is 2. The minimum atomic E-state index is -0.724. The number of primary amides is 1. The maximum Gasteiger partial charge on any atom is 0.341 e. The van der Waals surface area contributed by atoms with E-state index < -0.39 is 6.03 Å². The number of hydrogen-bond acceptors (Lipinski definition) is 6. The number of aromatic nitrogens is 5. The van der Waals surface area contributed by atoms with Crippen LogP contribution in [0.3, 0.4) is 0 Å². The Kier molecular flexibility index (Phi) is 3.25. The van der Waals surface area contributed by atoms with Gasteiger partial charge in [-0.25, -0.2) is 14.8 Å². The molecule has 0 saturated heterocycles. The van der Waals surface area contributed by atoms with Gasteiger partial charge in [-0.1, -0.05) is 11.6 Å². The van der Waals surface area contributed by atoms with Crippen LogP contribution in [0.2, 0.25) is 5.02 Å². The van der Waals surface area contributed by atoms with Crippen LogP contribution in [0.1, 0.15) is 0 Å². The minimum Gasteiger partial charge on any atom is -0.399 e. The summed E-state index contributed by atoms with van der Waals surface area (Å²) in [6, 6.07) is 4.48. The molecule has 4 N–H and O–H groups in total. The van der Waals surface area contributed by atoms with Gasteiger partial charge in [0.15, 0.2) is 17.0 Å². The van der Waals surface area contributed by atoms with Crippen LogP contribution in [0.15, 0.2) is 30.7 Å². The quantitative estimate of drug-likeness (QED) is 0.533. The molecule has 3 aromatic heterocycles. The summed E-state index contributed by atoms with van der Waals surface area (Å²) in [5, 5.41) is 4.73. The van der Waals surface area contributed by atoms with Crippen molar-refractivity contribution >= 4 is 45.0 Å². The van der Waals surface area contributed by atoms with Crippen molar-refractivity contribution in [3.8, 4) is 17.1 Å². The standard InChI is InChI=1S/C14H9ClN7OS/c15-9-3-7(16)1-2-8(9)10-4-18-5-21(10)13-11-12(19-6-24-11)22(20-13)14(17)23/h1-5H,16H2,(H2,17,23). The predicted octanol–water partition coefficient (Wildman–Crippen LogP) is 2.31. The van der Waals surface area contributed by atoms with E-state index in [-0.39, 0.29) is 0 Å². The number of thiazole rings is 1. The van der Waals surface area contributed by atoms with Gasteiger partial charge in [-0.05, 0) is 18.2 Å². The number of carbonyl (C=O) groups excluding carboxylic acids is 1. The van der Waals surface area contributed by atoms with Crippen molar-refractivity contribution in [3.05, 3.63) is 41.3 Å². The Morgan fingerprint density at radius 3 is 2.96 bits per heavy atom. The number of nitrogens with two attached hydrogens (primary N) is 2. The molecule has 0 bridgehead atoms. The lowest BCUT2D eigenvalue weighted by Crippen LogP contribution is -2.21. The molecule has 0 saturated carbocycles. The summed E-state index contributed by atoms with van der Waals surface area (Å²) < 4.78 is 3.41. The van der Waals surface area contributed by atoms with E-state index in [1.165, 1.54) is 11.3 Å². The van der Waals surface area contributed by atoms with E-state index in [2.05, 4.69) is 20.6 Å². The molecule has 0 aliphatic heterocycles. The van der Waals surface area contributed by atoms with E-state index >= 15 is 0 Å². The zero-order chi connectivity index (χ0) is 16.8. The Labute approximate surface area is 144 Å². The molecule has 0 atom stereocenters. The highest BCUT2D eigenvalue weighted by Gasteiger charge is 2.20. The van der Waals surface area contributed by atoms with Crippen LogP contribution >= 0.6 is 22.9 Å². The highest BCUT2D eigenvalue weighted by atomic mass is 35.5. The molecular formula is C14H9ClN7OS. The summed E-state index contributed by atoms with van der Waals surface area (Å²) in [5.74, 6) is 0.475. The lowest BCUT2D eigenvalue weighted by atomic mass is 10.1. The summed E-state index contributed by atoms with van der Waals surface area (Å²) in [5.41, 5.74) is 16.2. The van der Waals surface area contributed by atoms with Crippen molar-refractivity contribution in [3.63, 3.8) is 0 Å². The molecule has 0 aliphatic rings. The molecule has 1 amide bonds. The fraction of sp³-hybridized carbons (Fsp3) is 0. The number of halogens is 1. The van der Waals surface area contributed by atoms with Gasteiger partial charge < -0.3 is 11.5 Å². The second-order valence-electron chi connectivity index (χ2n) is 4.92. The van der Waals surface area contributed by atoms with Gasteiger partial charge in [0.1, 0.15) is 11.0 Å². The summed E-state index contributed by atoms with van der Waals surface area (Å²) in [6.45, 7) is 0. The highest BCUT2D eigenvalue weighted by molar-refractivity contribution is 7.16. The molecule has 24 heavy (non-hydrogen) atoms. The van der Waals surface area contributed by atoms with Crippen molar-refractivity contribution in [1.29, 1.82) is 0 Å². The summed E-state index contributed by atoms with van der Waals surface area (Å²) >= 11 is 7.53.